The van der Waals surface area contributed by atoms with Gasteiger partial charge in [0.15, 0.2) is 5.96 Å². The summed E-state index contributed by atoms with van der Waals surface area (Å²) in [6.07, 6.45) is 0. The van der Waals surface area contributed by atoms with Crippen molar-refractivity contribution in [1.29, 1.82) is 0 Å². The van der Waals surface area contributed by atoms with Crippen LogP contribution in [0.1, 0.15) is 44.0 Å². The Hall–Kier alpha value is -2.28. The normalized spacial score (nSPS) is 12.0. The van der Waals surface area contributed by atoms with Crippen LogP contribution in [-0.2, 0) is 18.5 Å². The molecule has 0 spiro atoms. The first-order valence-electron chi connectivity index (χ1n) is 9.05. The minimum atomic E-state index is 0.0677. The highest BCUT2D eigenvalue weighted by molar-refractivity contribution is 7.09. The average molecular weight is 391 g/mol. The summed E-state index contributed by atoms with van der Waals surface area (Å²) in [4.78, 5) is 9.39. The van der Waals surface area contributed by atoms with Crippen LogP contribution in [0.15, 0.2) is 28.6 Å². The molecule has 0 bridgehead atoms. The first-order chi connectivity index (χ1) is 12.9. The fourth-order valence-electron chi connectivity index (χ4n) is 2.38. The Labute approximate surface area is 166 Å². The Morgan fingerprint density at radius 1 is 1.19 bits per heavy atom. The largest absolute Gasteiger partial charge is 0.497 e. The lowest BCUT2D eigenvalue weighted by Crippen LogP contribution is -2.36. The molecule has 0 saturated heterocycles. The molecule has 0 amide bonds. The first-order valence-corrected chi connectivity index (χ1v) is 9.93. The number of thiazole rings is 1. The molecule has 1 aromatic heterocycles. The second-order valence-electron chi connectivity index (χ2n) is 7.10. The number of ether oxygens (including phenoxy) is 2. The summed E-state index contributed by atoms with van der Waals surface area (Å²) in [6, 6.07) is 5.76. The molecule has 0 aliphatic carbocycles. The van der Waals surface area contributed by atoms with Gasteiger partial charge in [0.1, 0.15) is 16.5 Å². The van der Waals surface area contributed by atoms with Crippen LogP contribution in [-0.4, -0.2) is 31.7 Å². The van der Waals surface area contributed by atoms with Crippen LogP contribution in [0.25, 0.3) is 0 Å². The van der Waals surface area contributed by atoms with E-state index in [0.29, 0.717) is 13.1 Å². The van der Waals surface area contributed by atoms with Crippen molar-refractivity contribution < 1.29 is 9.47 Å². The predicted molar refractivity (Wildman–Crippen MR) is 112 cm³/mol. The fourth-order valence-corrected chi connectivity index (χ4v) is 3.34. The minimum Gasteiger partial charge on any atom is -0.497 e. The van der Waals surface area contributed by atoms with Crippen LogP contribution in [0.5, 0.6) is 11.5 Å². The summed E-state index contributed by atoms with van der Waals surface area (Å²) >= 11 is 1.67. The molecule has 7 heteroatoms. The molecule has 0 atom stereocenters. The molecule has 1 heterocycles. The quantitative estimate of drug-likeness (QED) is 0.557. The van der Waals surface area contributed by atoms with Gasteiger partial charge in [-0.3, -0.25) is 0 Å². The van der Waals surface area contributed by atoms with Gasteiger partial charge in [0.05, 0.1) is 33.0 Å². The lowest BCUT2D eigenvalue weighted by atomic mass is 9.93. The second kappa shape index (κ2) is 9.60. The number of guanidine groups is 1. The lowest BCUT2D eigenvalue weighted by Gasteiger charge is -2.14. The zero-order valence-corrected chi connectivity index (χ0v) is 17.9. The summed E-state index contributed by atoms with van der Waals surface area (Å²) in [5.41, 5.74) is 2.19. The molecule has 148 valence electrons. The number of hydrogen-bond donors (Lipinski definition) is 2. The molecule has 0 radical (unpaired) electrons. The number of nitrogens with one attached hydrogen (secondary N) is 2. The van der Waals surface area contributed by atoms with Gasteiger partial charge < -0.3 is 20.1 Å². The van der Waals surface area contributed by atoms with Gasteiger partial charge in [0.2, 0.25) is 0 Å². The van der Waals surface area contributed by atoms with Crippen molar-refractivity contribution in [2.24, 2.45) is 4.99 Å². The molecule has 2 rings (SSSR count). The number of benzene rings is 1. The van der Waals surface area contributed by atoms with Crippen LogP contribution in [0.4, 0.5) is 0 Å². The van der Waals surface area contributed by atoms with Crippen molar-refractivity contribution >= 4 is 17.3 Å². The van der Waals surface area contributed by atoms with Crippen molar-refractivity contribution in [3.8, 4) is 11.5 Å². The summed E-state index contributed by atoms with van der Waals surface area (Å²) in [5, 5.41) is 9.80. The molecule has 27 heavy (non-hydrogen) atoms. The number of rotatable bonds is 7. The van der Waals surface area contributed by atoms with Crippen LogP contribution >= 0.6 is 11.3 Å². The number of methoxy groups -OCH3 is 2. The fraction of sp³-hybridized carbons (Fsp3) is 0.500. The van der Waals surface area contributed by atoms with E-state index in [1.54, 1.807) is 25.6 Å². The molecule has 2 aromatic rings. The topological polar surface area (TPSA) is 67.8 Å². The molecule has 0 aliphatic rings. The number of hydrogen-bond acceptors (Lipinski definition) is 5. The second-order valence-corrected chi connectivity index (χ2v) is 8.05. The third kappa shape index (κ3) is 6.13. The Kier molecular flexibility index (Phi) is 7.47. The van der Waals surface area contributed by atoms with Gasteiger partial charge in [-0.15, -0.1) is 11.3 Å². The number of aromatic nitrogens is 1. The Morgan fingerprint density at radius 3 is 2.56 bits per heavy atom. The van der Waals surface area contributed by atoms with Crippen molar-refractivity contribution in [1.82, 2.24) is 15.6 Å². The molecule has 0 aliphatic heterocycles. The van der Waals surface area contributed by atoms with Crippen molar-refractivity contribution in [3.05, 3.63) is 39.8 Å². The Balaban J connectivity index is 2.05. The molecule has 2 N–H and O–H groups in total. The van der Waals surface area contributed by atoms with Crippen LogP contribution in [0.2, 0.25) is 0 Å². The molecular formula is C20H30N4O2S. The first kappa shape index (κ1) is 21.0. The number of aliphatic imine (C=N–C) groups is 1. The van der Waals surface area contributed by atoms with Crippen molar-refractivity contribution in [2.45, 2.75) is 46.2 Å². The molecule has 0 saturated carbocycles. The van der Waals surface area contributed by atoms with E-state index in [2.05, 4.69) is 41.8 Å². The minimum absolute atomic E-state index is 0.0677. The van der Waals surface area contributed by atoms with E-state index in [9.17, 15) is 0 Å². The van der Waals surface area contributed by atoms with Crippen LogP contribution < -0.4 is 20.1 Å². The lowest BCUT2D eigenvalue weighted by molar-refractivity contribution is 0.391. The molecule has 0 fully saturated rings. The molecule has 0 unspecified atom stereocenters. The summed E-state index contributed by atoms with van der Waals surface area (Å²) in [7, 11) is 3.30. The van der Waals surface area contributed by atoms with E-state index in [1.807, 2.05) is 25.1 Å². The predicted octanol–water partition coefficient (Wildman–Crippen LogP) is 3.71. The average Bonchev–Trinajstić information content (AvgIpc) is 3.13. The third-order valence-electron chi connectivity index (χ3n) is 3.97. The van der Waals surface area contributed by atoms with Crippen molar-refractivity contribution in [3.63, 3.8) is 0 Å². The maximum Gasteiger partial charge on any atom is 0.191 e. The zero-order valence-electron chi connectivity index (χ0n) is 17.0. The molecular weight excluding hydrogens is 360 g/mol. The maximum absolute atomic E-state index is 5.45. The van der Waals surface area contributed by atoms with Gasteiger partial charge in [-0.25, -0.2) is 9.98 Å². The highest BCUT2D eigenvalue weighted by Crippen LogP contribution is 2.25. The van der Waals surface area contributed by atoms with Crippen molar-refractivity contribution in [2.75, 3.05) is 20.8 Å². The number of nitrogens with zero attached hydrogens (tertiary/aromatic N) is 2. The zero-order chi connectivity index (χ0) is 19.9. The summed E-state index contributed by atoms with van der Waals surface area (Å²) < 4.78 is 10.7. The monoisotopic (exact) mass is 390 g/mol. The van der Waals surface area contributed by atoms with Gasteiger partial charge in [0.25, 0.3) is 0 Å². The van der Waals surface area contributed by atoms with E-state index < -0.39 is 0 Å². The van der Waals surface area contributed by atoms with Gasteiger partial charge in [-0.1, -0.05) is 20.8 Å². The summed E-state index contributed by atoms with van der Waals surface area (Å²) in [6.45, 7) is 10.5. The van der Waals surface area contributed by atoms with Gasteiger partial charge in [-0.05, 0) is 19.1 Å². The smallest absolute Gasteiger partial charge is 0.191 e. The van der Waals surface area contributed by atoms with Gasteiger partial charge in [0, 0.05) is 29.0 Å². The standard InChI is InChI=1S/C20H30N4O2S/c1-7-21-19(23-12-18-24-17(13-27-18)20(2,3)4)22-11-14-8-9-15(25-5)10-16(14)26-6/h8-10,13H,7,11-12H2,1-6H3,(H2,21,22,23). The summed E-state index contributed by atoms with van der Waals surface area (Å²) in [5.74, 6) is 2.29. The van der Waals surface area contributed by atoms with E-state index in [0.717, 1.165) is 40.3 Å². The van der Waals surface area contributed by atoms with E-state index >= 15 is 0 Å². The van der Waals surface area contributed by atoms with Gasteiger partial charge in [-0.2, -0.15) is 0 Å². The third-order valence-corrected chi connectivity index (χ3v) is 4.82. The Morgan fingerprint density at radius 2 is 1.96 bits per heavy atom. The molecule has 6 nitrogen and oxygen atoms in total. The molecule has 1 aromatic carbocycles. The highest BCUT2D eigenvalue weighted by Gasteiger charge is 2.17. The van der Waals surface area contributed by atoms with E-state index in [-0.39, 0.29) is 5.41 Å². The Bertz CT molecular complexity index is 766. The van der Waals surface area contributed by atoms with Crippen LogP contribution in [0, 0.1) is 0 Å². The van der Waals surface area contributed by atoms with E-state index in [4.69, 9.17) is 14.5 Å². The van der Waals surface area contributed by atoms with Crippen LogP contribution in [0.3, 0.4) is 0 Å². The maximum atomic E-state index is 5.45. The van der Waals surface area contributed by atoms with E-state index in [1.165, 1.54) is 0 Å². The highest BCUT2D eigenvalue weighted by atomic mass is 32.1. The SMILES string of the molecule is CCNC(=NCc1ccc(OC)cc1OC)NCc1nc(C(C)(C)C)cs1. The van der Waals surface area contributed by atoms with Gasteiger partial charge >= 0.3 is 0 Å².